The number of aliphatic hydroxyl groups excluding tert-OH is 1. The Morgan fingerprint density at radius 2 is 1.90 bits per heavy atom. The van der Waals surface area contributed by atoms with Crippen LogP contribution < -0.4 is 5.11 Å². The van der Waals surface area contributed by atoms with Crippen LogP contribution in [0, 0.1) is 28.6 Å². The quantitative estimate of drug-likeness (QED) is 0.429. The number of hydrogen-bond acceptors (Lipinski definition) is 9. The van der Waals surface area contributed by atoms with Crippen molar-refractivity contribution in [3.8, 4) is 0 Å². The lowest BCUT2D eigenvalue weighted by Crippen LogP contribution is -2.61. The fourth-order valence-corrected chi connectivity index (χ4v) is 8.79. The van der Waals surface area contributed by atoms with E-state index in [4.69, 9.17) is 4.74 Å². The molecule has 5 aliphatic rings. The molecule has 5 rings (SSSR count). The zero-order chi connectivity index (χ0) is 29.0. The van der Waals surface area contributed by atoms with Crippen molar-refractivity contribution >= 4 is 29.4 Å². The fourth-order valence-electron chi connectivity index (χ4n) is 8.79. The van der Waals surface area contributed by atoms with Crippen LogP contribution in [-0.2, 0) is 28.7 Å². The summed E-state index contributed by atoms with van der Waals surface area (Å²) in [5.41, 5.74) is -2.11. The molecule has 0 aromatic rings. The number of ether oxygens (including phenoxy) is 1. The number of carbonyl (C=O) groups excluding carboxylic acids is 5. The van der Waals surface area contributed by atoms with Gasteiger partial charge in [0.05, 0.1) is 24.5 Å². The van der Waals surface area contributed by atoms with E-state index in [9.17, 15) is 39.3 Å². The highest BCUT2D eigenvalue weighted by Gasteiger charge is 2.68. The molecule has 1 saturated heterocycles. The monoisotopic (exact) mass is 556 g/mol. The number of rotatable bonds is 7. The highest BCUT2D eigenvalue weighted by molar-refractivity contribution is 6.01. The van der Waals surface area contributed by atoms with E-state index in [0.29, 0.717) is 19.3 Å². The number of carboxylic acids is 1. The Hall–Kier alpha value is -2.85. The zero-order valence-corrected chi connectivity index (χ0v) is 23.1. The van der Waals surface area contributed by atoms with Crippen LogP contribution in [0.15, 0.2) is 23.8 Å². The number of Topliss-reactive ketones (excluding diaryl/α,β-unsaturated/α-hetero) is 1. The topological polar surface area (TPSA) is 161 Å². The maximum atomic E-state index is 13.4. The average molecular weight is 557 g/mol. The van der Waals surface area contributed by atoms with Gasteiger partial charge in [-0.1, -0.05) is 25.5 Å². The van der Waals surface area contributed by atoms with Gasteiger partial charge >= 0.3 is 5.97 Å². The molecule has 2 N–H and O–H groups in total. The lowest BCUT2D eigenvalue weighted by molar-refractivity contribution is -0.310. The molecule has 1 amide bonds. The van der Waals surface area contributed by atoms with Crippen LogP contribution in [0.2, 0.25) is 0 Å². The number of aliphatic hydroxyl groups is 2. The minimum Gasteiger partial charge on any atom is -0.548 e. The highest BCUT2D eigenvalue weighted by Crippen LogP contribution is 2.67. The van der Waals surface area contributed by atoms with Crippen molar-refractivity contribution in [2.75, 3.05) is 13.2 Å². The van der Waals surface area contributed by atoms with Crippen LogP contribution in [0.4, 0.5) is 0 Å². The first kappa shape index (κ1) is 28.7. The van der Waals surface area contributed by atoms with Gasteiger partial charge in [0, 0.05) is 29.7 Å². The first-order chi connectivity index (χ1) is 18.8. The molecule has 4 fully saturated rings. The third-order valence-electron chi connectivity index (χ3n) is 10.9. The Bertz CT molecular complexity index is 1190. The molecule has 0 unspecified atom stereocenters. The van der Waals surface area contributed by atoms with Gasteiger partial charge < -0.3 is 29.8 Å². The van der Waals surface area contributed by atoms with Gasteiger partial charge in [0.1, 0.15) is 5.60 Å². The number of carboxylic acid groups (broad SMARTS) is 1. The van der Waals surface area contributed by atoms with Crippen molar-refractivity contribution in [2.45, 2.75) is 89.4 Å². The van der Waals surface area contributed by atoms with Crippen LogP contribution in [0.25, 0.3) is 0 Å². The second-order valence-electron chi connectivity index (χ2n) is 12.8. The molecular formula is C30H38NO9-. The second-order valence-corrected chi connectivity index (χ2v) is 12.8. The van der Waals surface area contributed by atoms with Crippen molar-refractivity contribution < 1.29 is 44.0 Å². The van der Waals surface area contributed by atoms with Crippen molar-refractivity contribution in [3.05, 3.63) is 23.8 Å². The van der Waals surface area contributed by atoms with Gasteiger partial charge in [-0.25, -0.2) is 0 Å². The standard InChI is InChI=1S/C30H39NO9/c1-28-11-9-18(32)14-17(28)5-6-19-20-10-12-30(39,29(20,2)15-22(33)26(19)28)23(34)16-40-25(36)8-7-24(35)31-13-3-4-21(31)27(37)38/h9,11,14,19-22,26,33,39H,3-8,10,12-13,15-16H2,1-2H3,(H,37,38)/p-1/t19-,20+,21-,22+,26+,28-,29+,30-/m0/s1. The minimum absolute atomic E-state index is 0.0234. The number of ketones is 2. The molecule has 1 aliphatic heterocycles. The van der Waals surface area contributed by atoms with Crippen molar-refractivity contribution in [1.82, 2.24) is 4.90 Å². The van der Waals surface area contributed by atoms with E-state index in [2.05, 4.69) is 6.92 Å². The zero-order valence-electron chi connectivity index (χ0n) is 23.1. The third-order valence-corrected chi connectivity index (χ3v) is 10.9. The predicted molar refractivity (Wildman–Crippen MR) is 138 cm³/mol. The molecule has 10 heteroatoms. The molecule has 0 radical (unpaired) electrons. The summed E-state index contributed by atoms with van der Waals surface area (Å²) < 4.78 is 5.16. The molecule has 0 bridgehead atoms. The number of amides is 1. The van der Waals surface area contributed by atoms with Gasteiger partial charge in [-0.05, 0) is 68.9 Å². The molecule has 0 spiro atoms. The van der Waals surface area contributed by atoms with Crippen LogP contribution in [0.1, 0.15) is 71.6 Å². The number of hydrogen-bond donors (Lipinski definition) is 2. The van der Waals surface area contributed by atoms with E-state index in [-0.39, 0.29) is 55.8 Å². The molecule has 0 aromatic heterocycles. The highest BCUT2D eigenvalue weighted by atomic mass is 16.5. The lowest BCUT2D eigenvalue weighted by Gasteiger charge is -2.59. The van der Waals surface area contributed by atoms with E-state index in [1.54, 1.807) is 12.2 Å². The van der Waals surface area contributed by atoms with E-state index in [0.717, 1.165) is 18.4 Å². The van der Waals surface area contributed by atoms with E-state index in [1.165, 1.54) is 4.90 Å². The van der Waals surface area contributed by atoms with Gasteiger partial charge in [0.2, 0.25) is 11.7 Å². The van der Waals surface area contributed by atoms with Crippen LogP contribution >= 0.6 is 0 Å². The van der Waals surface area contributed by atoms with E-state index in [1.807, 2.05) is 13.0 Å². The maximum Gasteiger partial charge on any atom is 0.306 e. The summed E-state index contributed by atoms with van der Waals surface area (Å²) in [5.74, 6) is -3.35. The first-order valence-electron chi connectivity index (χ1n) is 14.4. The molecule has 1 heterocycles. The van der Waals surface area contributed by atoms with Crippen LogP contribution in [0.3, 0.4) is 0 Å². The Morgan fingerprint density at radius 1 is 1.15 bits per heavy atom. The molecule has 40 heavy (non-hydrogen) atoms. The van der Waals surface area contributed by atoms with Crippen molar-refractivity contribution in [1.29, 1.82) is 0 Å². The molecule has 3 saturated carbocycles. The lowest BCUT2D eigenvalue weighted by atomic mass is 9.46. The van der Waals surface area contributed by atoms with Gasteiger partial charge in [0.15, 0.2) is 12.4 Å². The normalized spacial score (nSPS) is 40.1. The van der Waals surface area contributed by atoms with Crippen LogP contribution in [-0.4, -0.2) is 75.4 Å². The summed E-state index contributed by atoms with van der Waals surface area (Å²) in [7, 11) is 0. The summed E-state index contributed by atoms with van der Waals surface area (Å²) in [5, 5.41) is 34.4. The number of likely N-dealkylation sites (tertiary alicyclic amines) is 1. The Morgan fingerprint density at radius 3 is 2.62 bits per heavy atom. The molecule has 8 atom stereocenters. The van der Waals surface area contributed by atoms with Gasteiger partial charge in [0.25, 0.3) is 0 Å². The molecular weight excluding hydrogens is 518 g/mol. The Balaban J connectivity index is 1.22. The summed E-state index contributed by atoms with van der Waals surface area (Å²) in [6, 6.07) is -0.994. The Labute approximate surface area is 233 Å². The largest absolute Gasteiger partial charge is 0.548 e. The smallest absolute Gasteiger partial charge is 0.306 e. The van der Waals surface area contributed by atoms with Gasteiger partial charge in [-0.15, -0.1) is 0 Å². The molecule has 0 aromatic carbocycles. The summed E-state index contributed by atoms with van der Waals surface area (Å²) >= 11 is 0. The summed E-state index contributed by atoms with van der Waals surface area (Å²) in [6.07, 6.45) is 7.16. The fraction of sp³-hybridized carbons (Fsp3) is 0.700. The van der Waals surface area contributed by atoms with Crippen molar-refractivity contribution in [3.63, 3.8) is 0 Å². The molecule has 218 valence electrons. The summed E-state index contributed by atoms with van der Waals surface area (Å²) in [6.45, 7) is 3.55. The minimum atomic E-state index is -1.77. The van der Waals surface area contributed by atoms with Gasteiger partial charge in [-0.2, -0.15) is 0 Å². The average Bonchev–Trinajstić information content (AvgIpc) is 3.50. The number of fused-ring (bicyclic) bond motifs is 5. The number of allylic oxidation sites excluding steroid dienone is 4. The maximum absolute atomic E-state index is 13.4. The first-order valence-corrected chi connectivity index (χ1v) is 14.4. The van der Waals surface area contributed by atoms with E-state index >= 15 is 0 Å². The second kappa shape index (κ2) is 10.2. The van der Waals surface area contributed by atoms with E-state index < -0.39 is 58.8 Å². The van der Waals surface area contributed by atoms with Crippen LogP contribution in [0.5, 0.6) is 0 Å². The summed E-state index contributed by atoms with van der Waals surface area (Å²) in [4.78, 5) is 62.6. The van der Waals surface area contributed by atoms with Gasteiger partial charge in [-0.3, -0.25) is 19.2 Å². The number of esters is 1. The number of aliphatic carboxylic acids is 1. The number of carbonyl (C=O) groups is 5. The number of nitrogens with zero attached hydrogens (tertiary/aromatic N) is 1. The predicted octanol–water partition coefficient (Wildman–Crippen LogP) is 0.630. The van der Waals surface area contributed by atoms with Crippen molar-refractivity contribution in [2.24, 2.45) is 28.6 Å². The molecule has 4 aliphatic carbocycles. The SMILES string of the molecule is C[C@]12C=CC(=O)C=C1CC[C@@H]1[C@@H]2[C@H](O)C[C@]2(C)[C@@H]1CC[C@]2(O)C(=O)COC(=O)CCC(=O)N1CCC[C@H]1C(=O)[O-]. The Kier molecular flexibility index (Phi) is 7.32. The molecule has 10 nitrogen and oxygen atoms in total. The third kappa shape index (κ3) is 4.43.